The number of carbonyl (C=O) groups is 12. The molecule has 0 aliphatic carbocycles. The Bertz CT molecular complexity index is 3200. The standard InChI is InChI=1S/C60H86N18O14/c1-32(2)23-42(55(88)72-40(16-10-22-68-60(66)67)54(87)73-41(51(65)84)24-34-17-19-36(80)20-18-34)71-50(83)30-70-53(86)43(25-33-11-4-3-5-12-33)75-59(92)47(31-79)78-58(91)46(28-49(64)82)77-56(89)44(26-35-29-69-39-15-7-6-13-37(35)39)76-57(90)45(27-48(63)81)74-52(85)38(62)14-8-9-21-61/h3-7,11-13,15,17-20,29,32,38,40-47,69,79-80H,8-10,14,16,21-28,30-31,61-62H2,1-2H3,(H2,63,81)(H2,64,82)(H2,65,84)(H,70,86)(H,71,83)(H,72,88)(H,73,87)(H,74,85)(H,75,92)(H,76,90)(H,77,89)(H,78,91)(H4,66,67,68)/t38-,40-,41-,42-,43-,44-,45-,46-,47-/m0/s1. The Kier molecular flexibility index (Phi) is 30.4. The van der Waals surface area contributed by atoms with Crippen LogP contribution in [0.3, 0.4) is 0 Å². The van der Waals surface area contributed by atoms with Gasteiger partial charge < -0.3 is 103 Å². The lowest BCUT2D eigenvalue weighted by Gasteiger charge is -2.27. The van der Waals surface area contributed by atoms with Crippen molar-refractivity contribution in [3.05, 3.63) is 102 Å². The van der Waals surface area contributed by atoms with Crippen LogP contribution < -0.4 is 87.6 Å². The van der Waals surface area contributed by atoms with Crippen LogP contribution in [0.25, 0.3) is 10.9 Å². The number of aromatic nitrogens is 1. The first-order valence-corrected chi connectivity index (χ1v) is 29.7. The molecular weight excluding hydrogens is 1200 g/mol. The first kappa shape index (κ1) is 74.3. The predicted molar refractivity (Wildman–Crippen MR) is 336 cm³/mol. The Labute approximate surface area is 530 Å². The van der Waals surface area contributed by atoms with Crippen molar-refractivity contribution in [2.24, 2.45) is 40.3 Å². The molecule has 0 saturated carbocycles. The minimum atomic E-state index is -1.89. The van der Waals surface area contributed by atoms with Crippen LogP contribution in [0.2, 0.25) is 0 Å². The van der Waals surface area contributed by atoms with Crippen molar-refractivity contribution in [3.8, 4) is 5.75 Å². The Morgan fingerprint density at radius 1 is 0.522 bits per heavy atom. The lowest BCUT2D eigenvalue weighted by atomic mass is 10.0. The fraction of sp³-hybridized carbons (Fsp3) is 0.450. The first-order valence-electron chi connectivity index (χ1n) is 29.7. The van der Waals surface area contributed by atoms with Crippen LogP contribution in [0.15, 0.2) is 85.1 Å². The van der Waals surface area contributed by atoms with Crippen LogP contribution >= 0.6 is 0 Å². The molecule has 1 heterocycles. The average molecular weight is 1280 g/mol. The molecule has 0 bridgehead atoms. The largest absolute Gasteiger partial charge is 0.508 e. The lowest BCUT2D eigenvalue weighted by molar-refractivity contribution is -0.136. The van der Waals surface area contributed by atoms with E-state index in [0.29, 0.717) is 47.0 Å². The summed E-state index contributed by atoms with van der Waals surface area (Å²) in [7, 11) is 0. The predicted octanol–water partition coefficient (Wildman–Crippen LogP) is -5.11. The van der Waals surface area contributed by atoms with Crippen LogP contribution in [0.5, 0.6) is 5.75 Å². The van der Waals surface area contributed by atoms with Crippen molar-refractivity contribution < 1.29 is 67.7 Å². The van der Waals surface area contributed by atoms with Gasteiger partial charge in [0.05, 0.1) is 32.0 Å². The van der Waals surface area contributed by atoms with Gasteiger partial charge in [-0.05, 0) is 79.5 Å². The number of aromatic hydroxyl groups is 1. The number of aliphatic hydroxyl groups is 1. The van der Waals surface area contributed by atoms with E-state index in [1.807, 2.05) is 0 Å². The lowest BCUT2D eigenvalue weighted by Crippen LogP contribution is -2.61. The number of H-pyrrole nitrogens is 1. The maximum atomic E-state index is 14.4. The molecule has 0 spiro atoms. The third kappa shape index (κ3) is 25.7. The van der Waals surface area contributed by atoms with Gasteiger partial charge in [0.25, 0.3) is 0 Å². The van der Waals surface area contributed by atoms with Gasteiger partial charge in [0.15, 0.2) is 5.96 Å². The third-order valence-electron chi connectivity index (χ3n) is 14.3. The molecule has 9 atom stereocenters. The quantitative estimate of drug-likeness (QED) is 0.0113. The number of guanidine groups is 1. The molecule has 0 unspecified atom stereocenters. The number of unbranched alkanes of at least 4 members (excludes halogenated alkanes) is 1. The van der Waals surface area contributed by atoms with E-state index in [0.717, 1.165) is 0 Å². The van der Waals surface area contributed by atoms with Gasteiger partial charge >= 0.3 is 0 Å². The number of amides is 12. The molecule has 26 N–H and O–H groups in total. The summed E-state index contributed by atoms with van der Waals surface area (Å²) in [5, 5.41) is 53.1. The summed E-state index contributed by atoms with van der Waals surface area (Å²) in [5.74, 6) is -12.5. The van der Waals surface area contributed by atoms with Crippen LogP contribution in [0.4, 0.5) is 0 Å². The van der Waals surface area contributed by atoms with Crippen molar-refractivity contribution in [1.29, 1.82) is 5.41 Å². The Balaban J connectivity index is 1.52. The number of fused-ring (bicyclic) bond motifs is 1. The fourth-order valence-electron chi connectivity index (χ4n) is 9.48. The molecule has 1 aromatic heterocycles. The number of carbonyl (C=O) groups excluding carboxylic acids is 12. The highest BCUT2D eigenvalue weighted by molar-refractivity contribution is 6.00. The molecule has 4 rings (SSSR count). The van der Waals surface area contributed by atoms with E-state index < -0.39 is 151 Å². The number of primary amides is 3. The molecule has 500 valence electrons. The number of benzene rings is 3. The molecule has 4 aromatic rings. The normalized spacial score (nSPS) is 14.0. The highest BCUT2D eigenvalue weighted by Crippen LogP contribution is 2.20. The highest BCUT2D eigenvalue weighted by Gasteiger charge is 2.36. The zero-order valence-corrected chi connectivity index (χ0v) is 51.2. The summed E-state index contributed by atoms with van der Waals surface area (Å²) >= 11 is 0. The van der Waals surface area contributed by atoms with E-state index in [1.54, 1.807) is 74.6 Å². The van der Waals surface area contributed by atoms with Gasteiger partial charge in [0.1, 0.15) is 54.1 Å². The van der Waals surface area contributed by atoms with Gasteiger partial charge in [0.2, 0.25) is 70.9 Å². The van der Waals surface area contributed by atoms with Crippen molar-refractivity contribution in [2.45, 2.75) is 139 Å². The van der Waals surface area contributed by atoms with Gasteiger partial charge in [-0.25, -0.2) is 0 Å². The molecule has 0 fully saturated rings. The van der Waals surface area contributed by atoms with Gasteiger partial charge in [-0.2, -0.15) is 0 Å². The van der Waals surface area contributed by atoms with Crippen molar-refractivity contribution >= 4 is 87.7 Å². The highest BCUT2D eigenvalue weighted by atomic mass is 16.3. The number of nitrogens with two attached hydrogens (primary N) is 6. The molecule has 92 heavy (non-hydrogen) atoms. The van der Waals surface area contributed by atoms with Crippen LogP contribution in [0, 0.1) is 11.3 Å². The molecule has 0 radical (unpaired) electrons. The van der Waals surface area contributed by atoms with E-state index in [1.165, 1.54) is 24.3 Å². The molecule has 32 nitrogen and oxygen atoms in total. The smallest absolute Gasteiger partial charge is 0.245 e. The van der Waals surface area contributed by atoms with E-state index >= 15 is 0 Å². The molecule has 0 saturated heterocycles. The zero-order valence-electron chi connectivity index (χ0n) is 51.2. The SMILES string of the molecule is CC(C)C[C@H](NC(=O)CNC(=O)[C@H](Cc1ccccc1)NC(=O)[C@H](CO)NC(=O)[C@H](CC(N)=O)NC(=O)[C@H](Cc1c[nH]c2ccccc12)NC(=O)[C@H](CC(N)=O)NC(=O)[C@@H](N)CCCCN)C(=O)N[C@@H](CCCNC(=N)N)C(=O)N[C@@H](Cc1ccc(O)cc1)C(N)=O. The van der Waals surface area contributed by atoms with Crippen LogP contribution in [-0.4, -0.2) is 173 Å². The van der Waals surface area contributed by atoms with Crippen LogP contribution in [0.1, 0.15) is 81.9 Å². The number of hydrogen-bond acceptors (Lipinski definition) is 17. The summed E-state index contributed by atoms with van der Waals surface area (Å²) in [6.07, 6.45) is 0.734. The van der Waals surface area contributed by atoms with Gasteiger partial charge in [-0.3, -0.25) is 62.9 Å². The van der Waals surface area contributed by atoms with Gasteiger partial charge in [-0.15, -0.1) is 0 Å². The maximum Gasteiger partial charge on any atom is 0.245 e. The van der Waals surface area contributed by atoms with E-state index in [-0.39, 0.29) is 69.1 Å². The second kappa shape index (κ2) is 37.7. The Morgan fingerprint density at radius 2 is 1.02 bits per heavy atom. The second-order valence-corrected chi connectivity index (χ2v) is 22.3. The summed E-state index contributed by atoms with van der Waals surface area (Å²) in [4.78, 5) is 165. The van der Waals surface area contributed by atoms with Gasteiger partial charge in [-0.1, -0.05) is 80.9 Å². The molecule has 3 aromatic carbocycles. The topological polar surface area (TPSA) is 561 Å². The number of phenolic OH excluding ortho intramolecular Hbond substituents is 1. The van der Waals surface area contributed by atoms with Crippen molar-refractivity contribution in [1.82, 2.24) is 58.2 Å². The van der Waals surface area contributed by atoms with E-state index in [9.17, 15) is 67.7 Å². The molecule has 32 heteroatoms. The second-order valence-electron chi connectivity index (χ2n) is 22.3. The summed E-state index contributed by atoms with van der Waals surface area (Å²) in [6, 6.07) is 7.40. The number of rotatable bonds is 40. The monoisotopic (exact) mass is 1280 g/mol. The number of para-hydroxylation sites is 1. The number of aliphatic hydroxyl groups excluding tert-OH is 1. The molecule has 12 amide bonds. The molecule has 0 aliphatic rings. The first-order chi connectivity index (χ1) is 43.7. The van der Waals surface area contributed by atoms with Crippen molar-refractivity contribution in [3.63, 3.8) is 0 Å². The third-order valence-corrected chi connectivity index (χ3v) is 14.3. The van der Waals surface area contributed by atoms with E-state index in [2.05, 4.69) is 58.2 Å². The molecular formula is C60H86N18O14. The Morgan fingerprint density at radius 3 is 1.61 bits per heavy atom. The van der Waals surface area contributed by atoms with Crippen molar-refractivity contribution in [2.75, 3.05) is 26.2 Å². The molecule has 0 aliphatic heterocycles. The number of phenols is 1. The minimum Gasteiger partial charge on any atom is -0.508 e. The number of nitrogens with one attached hydrogen (secondary N) is 12. The fourth-order valence-corrected chi connectivity index (χ4v) is 9.48. The summed E-state index contributed by atoms with van der Waals surface area (Å²) in [6.45, 7) is 2.07. The Hall–Kier alpha value is -10.2. The van der Waals surface area contributed by atoms with Crippen LogP contribution in [-0.2, 0) is 76.8 Å². The average Bonchev–Trinajstić information content (AvgIpc) is 1.68. The number of hydrogen-bond donors (Lipinski definition) is 20. The number of aromatic amines is 1. The minimum absolute atomic E-state index is 0.0239. The zero-order chi connectivity index (χ0) is 68.0. The van der Waals surface area contributed by atoms with Gasteiger partial charge in [0, 0.05) is 42.9 Å². The summed E-state index contributed by atoms with van der Waals surface area (Å²) in [5.41, 5.74) is 35.8. The maximum absolute atomic E-state index is 14.4. The van der Waals surface area contributed by atoms with E-state index in [4.69, 9.17) is 39.8 Å². The summed E-state index contributed by atoms with van der Waals surface area (Å²) < 4.78 is 0.